The Hall–Kier alpha value is -3.18. The van der Waals surface area contributed by atoms with E-state index in [-0.39, 0.29) is 11.9 Å². The first-order chi connectivity index (χ1) is 15.7. The van der Waals surface area contributed by atoms with Gasteiger partial charge in [-0.1, -0.05) is 18.2 Å². The van der Waals surface area contributed by atoms with Gasteiger partial charge in [0.25, 0.3) is 0 Å². The molecule has 0 bridgehead atoms. The number of rotatable bonds is 7. The summed E-state index contributed by atoms with van der Waals surface area (Å²) in [6, 6.07) is 14.4. The highest BCUT2D eigenvalue weighted by Gasteiger charge is 2.24. The molecule has 1 aliphatic carbocycles. The average Bonchev–Trinajstić information content (AvgIpc) is 3.53. The summed E-state index contributed by atoms with van der Waals surface area (Å²) in [6.07, 6.45) is 9.72. The van der Waals surface area contributed by atoms with E-state index >= 15 is 0 Å². The van der Waals surface area contributed by atoms with Crippen molar-refractivity contribution in [3.63, 3.8) is 0 Å². The predicted molar refractivity (Wildman–Crippen MR) is 128 cm³/mol. The minimum Gasteiger partial charge on any atom is -0.486 e. The summed E-state index contributed by atoms with van der Waals surface area (Å²) in [4.78, 5) is 16.7. The SMILES string of the molecule is C[C@H](Oc1ccc2c(c1CCc1ccsc1)CCCC2=O)c1ccccc1-n1ccnc1. The maximum absolute atomic E-state index is 12.6. The molecule has 162 valence electrons. The van der Waals surface area contributed by atoms with Gasteiger partial charge in [0.1, 0.15) is 11.9 Å². The molecule has 5 heteroatoms. The molecule has 0 fully saturated rings. The van der Waals surface area contributed by atoms with E-state index in [2.05, 4.69) is 40.9 Å². The van der Waals surface area contributed by atoms with Crippen molar-refractivity contribution in [2.75, 3.05) is 0 Å². The van der Waals surface area contributed by atoms with Gasteiger partial charge in [0, 0.05) is 29.9 Å². The zero-order valence-corrected chi connectivity index (χ0v) is 19.0. The number of para-hydroxylation sites is 1. The number of benzene rings is 2. The van der Waals surface area contributed by atoms with Gasteiger partial charge in [-0.25, -0.2) is 4.98 Å². The summed E-state index contributed by atoms with van der Waals surface area (Å²) in [5.41, 5.74) is 6.75. The Bertz CT molecular complexity index is 1210. The van der Waals surface area contributed by atoms with E-state index in [1.807, 2.05) is 41.4 Å². The van der Waals surface area contributed by atoms with E-state index in [0.29, 0.717) is 6.42 Å². The van der Waals surface area contributed by atoms with E-state index in [0.717, 1.165) is 48.2 Å². The molecule has 2 aromatic carbocycles. The first kappa shape index (κ1) is 20.7. The van der Waals surface area contributed by atoms with Crippen LogP contribution in [0.25, 0.3) is 5.69 Å². The van der Waals surface area contributed by atoms with Gasteiger partial charge in [-0.15, -0.1) is 0 Å². The Morgan fingerprint density at radius 1 is 1.12 bits per heavy atom. The highest BCUT2D eigenvalue weighted by Crippen LogP contribution is 2.35. The van der Waals surface area contributed by atoms with E-state index in [4.69, 9.17) is 4.74 Å². The minimum atomic E-state index is -0.147. The highest BCUT2D eigenvalue weighted by atomic mass is 32.1. The van der Waals surface area contributed by atoms with Gasteiger partial charge in [0.2, 0.25) is 0 Å². The van der Waals surface area contributed by atoms with Crippen LogP contribution in [0.1, 0.15) is 58.5 Å². The van der Waals surface area contributed by atoms with Crippen molar-refractivity contribution in [3.05, 3.63) is 99.8 Å². The fraction of sp³-hybridized carbons (Fsp3) is 0.259. The number of fused-ring (bicyclic) bond motifs is 1. The van der Waals surface area contributed by atoms with Crippen LogP contribution in [-0.2, 0) is 19.3 Å². The fourth-order valence-corrected chi connectivity index (χ4v) is 5.29. The lowest BCUT2D eigenvalue weighted by molar-refractivity contribution is 0.0972. The first-order valence-electron chi connectivity index (χ1n) is 11.1. The summed E-state index contributed by atoms with van der Waals surface area (Å²) >= 11 is 1.72. The van der Waals surface area contributed by atoms with Crippen LogP contribution in [0.2, 0.25) is 0 Å². The zero-order valence-electron chi connectivity index (χ0n) is 18.2. The molecule has 1 aliphatic rings. The molecule has 0 radical (unpaired) electrons. The number of hydrogen-bond donors (Lipinski definition) is 0. The van der Waals surface area contributed by atoms with Gasteiger partial charge in [0.05, 0.1) is 12.0 Å². The summed E-state index contributed by atoms with van der Waals surface area (Å²) in [7, 11) is 0. The second kappa shape index (κ2) is 9.13. The first-order valence-corrected chi connectivity index (χ1v) is 12.1. The number of thiophene rings is 1. The molecule has 0 spiro atoms. The number of imidazole rings is 1. The molecule has 32 heavy (non-hydrogen) atoms. The van der Waals surface area contributed by atoms with Crippen LogP contribution in [0, 0.1) is 0 Å². The molecule has 4 aromatic rings. The molecular formula is C27H26N2O2S. The molecule has 2 heterocycles. The lowest BCUT2D eigenvalue weighted by atomic mass is 9.85. The normalized spacial score (nSPS) is 14.2. The van der Waals surface area contributed by atoms with Crippen molar-refractivity contribution in [3.8, 4) is 11.4 Å². The minimum absolute atomic E-state index is 0.147. The summed E-state index contributed by atoms with van der Waals surface area (Å²) in [6.45, 7) is 2.09. The van der Waals surface area contributed by atoms with Gasteiger partial charge in [-0.2, -0.15) is 11.3 Å². The Balaban J connectivity index is 1.49. The Kier molecular flexibility index (Phi) is 5.91. The third-order valence-electron chi connectivity index (χ3n) is 6.22. The van der Waals surface area contributed by atoms with Crippen LogP contribution in [0.5, 0.6) is 5.75 Å². The van der Waals surface area contributed by atoms with Crippen molar-refractivity contribution in [2.45, 2.75) is 45.1 Å². The number of carbonyl (C=O) groups is 1. The number of Topliss-reactive ketones (excluding diaryl/α,β-unsaturated/α-hetero) is 1. The number of aryl methyl sites for hydroxylation is 1. The number of ether oxygens (including phenoxy) is 1. The highest BCUT2D eigenvalue weighted by molar-refractivity contribution is 7.07. The molecule has 0 amide bonds. The average molecular weight is 443 g/mol. The van der Waals surface area contributed by atoms with Gasteiger partial charge in [0.15, 0.2) is 5.78 Å². The molecule has 0 N–H and O–H groups in total. The summed E-state index contributed by atoms with van der Waals surface area (Å²) < 4.78 is 8.61. The van der Waals surface area contributed by atoms with Crippen molar-refractivity contribution >= 4 is 17.1 Å². The standard InChI is InChI=1S/C27H26N2O2S/c1-19(21-5-2-3-7-25(21)29-15-14-28-18-29)31-27-12-11-23-22(6-4-8-26(23)30)24(27)10-9-20-13-16-32-17-20/h2-3,5,7,11-19H,4,6,8-10H2,1H3/t19-/m0/s1. The molecule has 5 rings (SSSR count). The predicted octanol–water partition coefficient (Wildman–Crippen LogP) is 6.38. The monoisotopic (exact) mass is 442 g/mol. The second-order valence-electron chi connectivity index (χ2n) is 8.27. The van der Waals surface area contributed by atoms with Crippen LogP contribution in [0.3, 0.4) is 0 Å². The largest absolute Gasteiger partial charge is 0.486 e. The van der Waals surface area contributed by atoms with Crippen LogP contribution in [-0.4, -0.2) is 15.3 Å². The van der Waals surface area contributed by atoms with Crippen LogP contribution < -0.4 is 4.74 Å². The van der Waals surface area contributed by atoms with Crippen LogP contribution >= 0.6 is 11.3 Å². The number of carbonyl (C=O) groups excluding carboxylic acids is 1. The third kappa shape index (κ3) is 4.13. The van der Waals surface area contributed by atoms with Crippen molar-refractivity contribution in [2.24, 2.45) is 0 Å². The number of nitrogens with zero attached hydrogens (tertiary/aromatic N) is 2. The lowest BCUT2D eigenvalue weighted by Crippen LogP contribution is -2.16. The molecule has 0 aliphatic heterocycles. The molecule has 0 saturated heterocycles. The van der Waals surface area contributed by atoms with Crippen molar-refractivity contribution < 1.29 is 9.53 Å². The van der Waals surface area contributed by atoms with Crippen LogP contribution in [0.4, 0.5) is 0 Å². The fourth-order valence-electron chi connectivity index (χ4n) is 4.59. The Morgan fingerprint density at radius 3 is 2.84 bits per heavy atom. The lowest BCUT2D eigenvalue weighted by Gasteiger charge is -2.25. The van der Waals surface area contributed by atoms with Gasteiger partial charge in [-0.05, 0) is 84.3 Å². The smallest absolute Gasteiger partial charge is 0.163 e. The maximum Gasteiger partial charge on any atom is 0.163 e. The van der Waals surface area contributed by atoms with Crippen LogP contribution in [0.15, 0.2) is 71.9 Å². The van der Waals surface area contributed by atoms with E-state index < -0.39 is 0 Å². The summed E-state index contributed by atoms with van der Waals surface area (Å²) in [5.74, 6) is 1.15. The quantitative estimate of drug-likeness (QED) is 0.334. The Labute approximate surface area is 192 Å². The molecule has 1 atom stereocenters. The van der Waals surface area contributed by atoms with Crippen molar-refractivity contribution in [1.29, 1.82) is 0 Å². The Morgan fingerprint density at radius 2 is 2.03 bits per heavy atom. The third-order valence-corrected chi connectivity index (χ3v) is 6.96. The van der Waals surface area contributed by atoms with Gasteiger partial charge < -0.3 is 9.30 Å². The maximum atomic E-state index is 12.6. The summed E-state index contributed by atoms with van der Waals surface area (Å²) in [5, 5.41) is 4.32. The van der Waals surface area contributed by atoms with E-state index in [9.17, 15) is 4.79 Å². The number of hydrogen-bond acceptors (Lipinski definition) is 4. The molecular weight excluding hydrogens is 416 g/mol. The second-order valence-corrected chi connectivity index (χ2v) is 9.05. The molecule has 0 saturated carbocycles. The zero-order chi connectivity index (χ0) is 21.9. The molecule has 0 unspecified atom stereocenters. The molecule has 4 nitrogen and oxygen atoms in total. The number of ketones is 1. The van der Waals surface area contributed by atoms with Crippen molar-refractivity contribution in [1.82, 2.24) is 9.55 Å². The topological polar surface area (TPSA) is 44.1 Å². The van der Waals surface area contributed by atoms with E-state index in [1.165, 1.54) is 16.7 Å². The number of aromatic nitrogens is 2. The van der Waals surface area contributed by atoms with Gasteiger partial charge >= 0.3 is 0 Å². The molecule has 2 aromatic heterocycles. The van der Waals surface area contributed by atoms with Gasteiger partial charge in [-0.3, -0.25) is 4.79 Å². The van der Waals surface area contributed by atoms with E-state index in [1.54, 1.807) is 17.5 Å².